The van der Waals surface area contributed by atoms with Gasteiger partial charge in [0.1, 0.15) is 4.83 Å². The number of methoxy groups -OCH3 is 1. The molecule has 0 N–H and O–H groups in total. The maximum Gasteiger partial charge on any atom is 0.319 e. The number of esters is 1. The van der Waals surface area contributed by atoms with Gasteiger partial charge in [0, 0.05) is 0 Å². The van der Waals surface area contributed by atoms with Crippen LogP contribution in [-0.4, -0.2) is 17.9 Å². The topological polar surface area (TPSA) is 26.3 Å². The molecule has 0 amide bonds. The van der Waals surface area contributed by atoms with Crippen LogP contribution in [0, 0.1) is 0 Å². The van der Waals surface area contributed by atoms with E-state index in [1.165, 1.54) is 77.7 Å². The van der Waals surface area contributed by atoms with Crippen LogP contribution in [0.2, 0.25) is 0 Å². The minimum Gasteiger partial charge on any atom is -0.468 e. The molecule has 0 aromatic rings. The van der Waals surface area contributed by atoms with Crippen molar-refractivity contribution in [3.8, 4) is 0 Å². The van der Waals surface area contributed by atoms with E-state index in [-0.39, 0.29) is 10.8 Å². The number of rotatable bonds is 14. The molecule has 0 aliphatic carbocycles. The smallest absolute Gasteiger partial charge is 0.319 e. The van der Waals surface area contributed by atoms with Gasteiger partial charge in [0.25, 0.3) is 0 Å². The summed E-state index contributed by atoms with van der Waals surface area (Å²) in [6.45, 7) is 2.27. The lowest BCUT2D eigenvalue weighted by Crippen LogP contribution is -2.15. The van der Waals surface area contributed by atoms with Crippen molar-refractivity contribution >= 4 is 21.9 Å². The molecule has 0 bridgehead atoms. The molecule has 20 heavy (non-hydrogen) atoms. The number of unbranched alkanes of at least 4 members (excludes halogenated alkanes) is 11. The predicted octanol–water partition coefficient (Wildman–Crippen LogP) is 6.01. The van der Waals surface area contributed by atoms with Crippen LogP contribution < -0.4 is 0 Å². The average Bonchev–Trinajstić information content (AvgIpc) is 2.47. The van der Waals surface area contributed by atoms with Crippen molar-refractivity contribution in [2.75, 3.05) is 7.11 Å². The molecule has 3 heteroatoms. The average molecular weight is 349 g/mol. The Kier molecular flexibility index (Phi) is 15.3. The lowest BCUT2D eigenvalue weighted by atomic mass is 10.0. The second kappa shape index (κ2) is 15.3. The zero-order valence-corrected chi connectivity index (χ0v) is 15.1. The maximum atomic E-state index is 11.2. The van der Waals surface area contributed by atoms with Crippen LogP contribution in [0.5, 0.6) is 0 Å². The Morgan fingerprint density at radius 3 is 1.65 bits per heavy atom. The van der Waals surface area contributed by atoms with Crippen molar-refractivity contribution < 1.29 is 9.53 Å². The van der Waals surface area contributed by atoms with Gasteiger partial charge in [0.2, 0.25) is 0 Å². The van der Waals surface area contributed by atoms with Gasteiger partial charge in [0.05, 0.1) is 7.11 Å². The predicted molar refractivity (Wildman–Crippen MR) is 90.4 cm³/mol. The fraction of sp³-hybridized carbons (Fsp3) is 0.941. The third-order valence-electron chi connectivity index (χ3n) is 3.77. The molecule has 0 saturated carbocycles. The molecule has 0 aromatic carbocycles. The zero-order valence-electron chi connectivity index (χ0n) is 13.5. The molecule has 0 saturated heterocycles. The molecule has 120 valence electrons. The summed E-state index contributed by atoms with van der Waals surface area (Å²) < 4.78 is 4.68. The van der Waals surface area contributed by atoms with Crippen LogP contribution >= 0.6 is 15.9 Å². The fourth-order valence-corrected chi connectivity index (χ4v) is 2.92. The third kappa shape index (κ3) is 13.0. The number of halogens is 1. The first-order valence-electron chi connectivity index (χ1n) is 8.44. The van der Waals surface area contributed by atoms with Crippen LogP contribution in [0.25, 0.3) is 0 Å². The summed E-state index contributed by atoms with van der Waals surface area (Å²) in [5.74, 6) is -0.145. The summed E-state index contributed by atoms with van der Waals surface area (Å²) in [7, 11) is 1.44. The monoisotopic (exact) mass is 348 g/mol. The summed E-state index contributed by atoms with van der Waals surface area (Å²) in [5, 5.41) is 0. The van der Waals surface area contributed by atoms with Crippen molar-refractivity contribution in [2.45, 2.75) is 95.2 Å². The molecular formula is C17H33BrO2. The van der Waals surface area contributed by atoms with Gasteiger partial charge in [0.15, 0.2) is 0 Å². The van der Waals surface area contributed by atoms with E-state index < -0.39 is 0 Å². The number of carbonyl (C=O) groups excluding carboxylic acids is 1. The molecule has 0 radical (unpaired) electrons. The largest absolute Gasteiger partial charge is 0.468 e. The first kappa shape index (κ1) is 19.9. The van der Waals surface area contributed by atoms with Gasteiger partial charge in [-0.15, -0.1) is 0 Å². The zero-order chi connectivity index (χ0) is 15.1. The molecule has 0 unspecified atom stereocenters. The van der Waals surface area contributed by atoms with E-state index in [9.17, 15) is 4.79 Å². The number of ether oxygens (including phenoxy) is 1. The van der Waals surface area contributed by atoms with Gasteiger partial charge >= 0.3 is 5.97 Å². The third-order valence-corrected chi connectivity index (χ3v) is 4.60. The summed E-state index contributed by atoms with van der Waals surface area (Å²) in [6, 6.07) is 0. The number of carbonyl (C=O) groups is 1. The molecule has 2 nitrogen and oxygen atoms in total. The highest BCUT2D eigenvalue weighted by atomic mass is 79.9. The molecule has 0 fully saturated rings. The van der Waals surface area contributed by atoms with Crippen molar-refractivity contribution in [1.82, 2.24) is 0 Å². The van der Waals surface area contributed by atoms with Crippen molar-refractivity contribution in [2.24, 2.45) is 0 Å². The van der Waals surface area contributed by atoms with Gasteiger partial charge in [-0.1, -0.05) is 99.9 Å². The lowest BCUT2D eigenvalue weighted by Gasteiger charge is -2.07. The highest BCUT2D eigenvalue weighted by Crippen LogP contribution is 2.15. The molecule has 0 heterocycles. The van der Waals surface area contributed by atoms with Crippen molar-refractivity contribution in [1.29, 1.82) is 0 Å². The first-order chi connectivity index (χ1) is 9.72. The molecule has 1 atom stereocenters. The Hall–Kier alpha value is -0.0500. The molecule has 0 spiro atoms. The SMILES string of the molecule is CCCCCCCCCCCCCC[C@@H](Br)C(=O)OC. The van der Waals surface area contributed by atoms with Crippen LogP contribution in [0.1, 0.15) is 90.4 Å². The first-order valence-corrected chi connectivity index (χ1v) is 9.35. The Morgan fingerprint density at radius 2 is 1.25 bits per heavy atom. The van der Waals surface area contributed by atoms with E-state index in [2.05, 4.69) is 27.6 Å². The van der Waals surface area contributed by atoms with E-state index in [1.54, 1.807) is 0 Å². The van der Waals surface area contributed by atoms with E-state index in [0.29, 0.717) is 0 Å². The Balaban J connectivity index is 3.11. The lowest BCUT2D eigenvalue weighted by molar-refractivity contribution is -0.139. The molecule has 0 aliphatic heterocycles. The minimum atomic E-state index is -0.145. The van der Waals surface area contributed by atoms with E-state index in [1.807, 2.05) is 0 Å². The van der Waals surface area contributed by atoms with Gasteiger partial charge < -0.3 is 4.74 Å². The Labute approximate surface area is 134 Å². The number of hydrogen-bond donors (Lipinski definition) is 0. The second-order valence-electron chi connectivity index (χ2n) is 5.67. The van der Waals surface area contributed by atoms with E-state index in [4.69, 9.17) is 0 Å². The standard InChI is InChI=1S/C17H33BrO2/c1-3-4-5-6-7-8-9-10-11-12-13-14-15-16(18)17(19)20-2/h16H,3-15H2,1-2H3/t16-/m1/s1. The Bertz CT molecular complexity index is 219. The normalized spacial score (nSPS) is 12.3. The second-order valence-corrected chi connectivity index (χ2v) is 6.77. The number of alkyl halides is 1. The highest BCUT2D eigenvalue weighted by molar-refractivity contribution is 9.10. The molecule has 0 aromatic heterocycles. The fourth-order valence-electron chi connectivity index (χ4n) is 2.41. The van der Waals surface area contributed by atoms with E-state index >= 15 is 0 Å². The summed E-state index contributed by atoms with van der Waals surface area (Å²) in [6.07, 6.45) is 17.1. The molecular weight excluding hydrogens is 316 g/mol. The minimum absolute atomic E-state index is 0.115. The number of hydrogen-bond acceptors (Lipinski definition) is 2. The van der Waals surface area contributed by atoms with Crippen molar-refractivity contribution in [3.63, 3.8) is 0 Å². The Morgan fingerprint density at radius 1 is 0.850 bits per heavy atom. The van der Waals surface area contributed by atoms with E-state index in [0.717, 1.165) is 12.8 Å². The summed E-state index contributed by atoms with van der Waals surface area (Å²) in [5.41, 5.74) is 0. The van der Waals surface area contributed by atoms with Crippen LogP contribution in [0.4, 0.5) is 0 Å². The quantitative estimate of drug-likeness (QED) is 0.218. The summed E-state index contributed by atoms with van der Waals surface area (Å²) >= 11 is 3.36. The van der Waals surface area contributed by atoms with Gasteiger partial charge in [-0.05, 0) is 6.42 Å². The van der Waals surface area contributed by atoms with Crippen LogP contribution in [-0.2, 0) is 9.53 Å². The molecule has 0 aliphatic rings. The maximum absolute atomic E-state index is 11.2. The van der Waals surface area contributed by atoms with Gasteiger partial charge in [-0.2, -0.15) is 0 Å². The van der Waals surface area contributed by atoms with Crippen molar-refractivity contribution in [3.05, 3.63) is 0 Å². The van der Waals surface area contributed by atoms with Gasteiger partial charge in [-0.25, -0.2) is 0 Å². The van der Waals surface area contributed by atoms with Gasteiger partial charge in [-0.3, -0.25) is 4.79 Å². The highest BCUT2D eigenvalue weighted by Gasteiger charge is 2.13. The molecule has 0 rings (SSSR count). The van der Waals surface area contributed by atoms with Crippen LogP contribution in [0.15, 0.2) is 0 Å². The van der Waals surface area contributed by atoms with Crippen LogP contribution in [0.3, 0.4) is 0 Å². The summed E-state index contributed by atoms with van der Waals surface area (Å²) in [4.78, 5) is 11.1.